The number of carbonyl (C=O) groups excluding carboxylic acids is 2. The van der Waals surface area contributed by atoms with Crippen LogP contribution in [-0.4, -0.2) is 24.6 Å². The van der Waals surface area contributed by atoms with Crippen LogP contribution in [-0.2, 0) is 9.53 Å². The second-order valence-electron chi connectivity index (χ2n) is 5.18. The van der Waals surface area contributed by atoms with Crippen LogP contribution in [0.4, 0.5) is 5.69 Å². The van der Waals surface area contributed by atoms with E-state index in [-0.39, 0.29) is 5.91 Å². The molecular weight excluding hydrogens is 320 g/mol. The monoisotopic (exact) mass is 338 g/mol. The van der Waals surface area contributed by atoms with Crippen molar-refractivity contribution in [3.05, 3.63) is 59.7 Å². The van der Waals surface area contributed by atoms with Crippen LogP contribution in [0.1, 0.15) is 29.8 Å². The predicted octanol–water partition coefficient (Wildman–Crippen LogP) is 3.14. The molecule has 0 aliphatic carbocycles. The first kappa shape index (κ1) is 18.0. The fourth-order valence-electron chi connectivity index (χ4n) is 2.01. The van der Waals surface area contributed by atoms with Gasteiger partial charge in [0.1, 0.15) is 5.75 Å². The van der Waals surface area contributed by atoms with Crippen LogP contribution >= 0.6 is 0 Å². The normalized spacial score (nSPS) is 11.1. The Morgan fingerprint density at radius 3 is 2.32 bits per heavy atom. The third-order valence-corrected chi connectivity index (χ3v) is 3.33. The molecule has 2 rings (SSSR count). The van der Waals surface area contributed by atoms with Gasteiger partial charge in [-0.2, -0.15) is 5.26 Å². The average Bonchev–Trinajstić information content (AvgIpc) is 2.63. The molecule has 0 aliphatic heterocycles. The molecule has 2 aromatic rings. The number of nitriles is 1. The molecular formula is C19H18N2O4. The first-order chi connectivity index (χ1) is 12.0. The van der Waals surface area contributed by atoms with Gasteiger partial charge in [0.05, 0.1) is 23.8 Å². The van der Waals surface area contributed by atoms with E-state index >= 15 is 0 Å². The van der Waals surface area contributed by atoms with Crippen LogP contribution in [0.15, 0.2) is 48.5 Å². The second kappa shape index (κ2) is 8.50. The lowest BCUT2D eigenvalue weighted by Gasteiger charge is -2.15. The maximum Gasteiger partial charge on any atom is 0.338 e. The van der Waals surface area contributed by atoms with Gasteiger partial charge < -0.3 is 14.8 Å². The first-order valence-corrected chi connectivity index (χ1v) is 7.78. The molecule has 0 fully saturated rings. The van der Waals surface area contributed by atoms with E-state index in [9.17, 15) is 9.59 Å². The minimum atomic E-state index is -0.724. The number of nitrogens with one attached hydrogen (secondary N) is 1. The molecule has 0 radical (unpaired) electrons. The smallest absolute Gasteiger partial charge is 0.338 e. The van der Waals surface area contributed by atoms with Gasteiger partial charge in [-0.1, -0.05) is 0 Å². The Kier molecular flexibility index (Phi) is 6.13. The Labute approximate surface area is 146 Å². The number of anilines is 1. The van der Waals surface area contributed by atoms with Crippen molar-refractivity contribution in [2.24, 2.45) is 0 Å². The highest BCUT2D eigenvalue weighted by Gasteiger charge is 2.15. The van der Waals surface area contributed by atoms with Gasteiger partial charge >= 0.3 is 5.97 Å². The lowest BCUT2D eigenvalue weighted by Crippen LogP contribution is -2.30. The number of hydrogen-bond donors (Lipinski definition) is 1. The van der Waals surface area contributed by atoms with Crippen molar-refractivity contribution in [3.63, 3.8) is 0 Å². The van der Waals surface area contributed by atoms with E-state index in [0.29, 0.717) is 29.2 Å². The Balaban J connectivity index is 1.93. The van der Waals surface area contributed by atoms with E-state index in [1.165, 1.54) is 0 Å². The molecule has 128 valence electrons. The lowest BCUT2D eigenvalue weighted by molar-refractivity contribution is -0.122. The van der Waals surface area contributed by atoms with Crippen molar-refractivity contribution in [1.82, 2.24) is 0 Å². The fraction of sp³-hybridized carbons (Fsp3) is 0.211. The Bertz CT molecular complexity index is 777. The van der Waals surface area contributed by atoms with Crippen LogP contribution in [0.3, 0.4) is 0 Å². The van der Waals surface area contributed by atoms with Crippen molar-refractivity contribution in [1.29, 1.82) is 5.26 Å². The summed E-state index contributed by atoms with van der Waals surface area (Å²) in [5.74, 6) is -0.231. The molecule has 0 spiro atoms. The van der Waals surface area contributed by atoms with Crippen LogP contribution in [0.2, 0.25) is 0 Å². The summed E-state index contributed by atoms with van der Waals surface area (Å²) in [7, 11) is 0. The predicted molar refractivity (Wildman–Crippen MR) is 92.3 cm³/mol. The summed E-state index contributed by atoms with van der Waals surface area (Å²) >= 11 is 0. The van der Waals surface area contributed by atoms with E-state index in [1.54, 1.807) is 62.4 Å². The molecule has 0 heterocycles. The minimum absolute atomic E-state index is 0.307. The summed E-state index contributed by atoms with van der Waals surface area (Å²) in [6.07, 6.45) is -0.724. The largest absolute Gasteiger partial charge is 0.481 e. The van der Waals surface area contributed by atoms with Crippen molar-refractivity contribution < 1.29 is 19.1 Å². The van der Waals surface area contributed by atoms with Crippen molar-refractivity contribution in [2.75, 3.05) is 11.9 Å². The van der Waals surface area contributed by atoms with Gasteiger partial charge in [-0.3, -0.25) is 4.79 Å². The SMILES string of the molecule is CCOC(=O)c1ccc(NC(=O)C(C)Oc2ccc(C#N)cc2)cc1. The number of hydrogen-bond acceptors (Lipinski definition) is 5. The number of carbonyl (C=O) groups is 2. The van der Waals surface area contributed by atoms with E-state index in [1.807, 2.05) is 6.07 Å². The van der Waals surface area contributed by atoms with Crippen LogP contribution < -0.4 is 10.1 Å². The minimum Gasteiger partial charge on any atom is -0.481 e. The summed E-state index contributed by atoms with van der Waals surface area (Å²) in [6.45, 7) is 3.67. The lowest BCUT2D eigenvalue weighted by atomic mass is 10.2. The second-order valence-corrected chi connectivity index (χ2v) is 5.18. The van der Waals surface area contributed by atoms with Crippen LogP contribution in [0, 0.1) is 11.3 Å². The summed E-state index contributed by atoms with van der Waals surface area (Å²) in [5.41, 5.74) is 1.49. The van der Waals surface area contributed by atoms with E-state index < -0.39 is 12.1 Å². The highest BCUT2D eigenvalue weighted by atomic mass is 16.5. The van der Waals surface area contributed by atoms with Crippen molar-refractivity contribution >= 4 is 17.6 Å². The van der Waals surface area contributed by atoms with Gasteiger partial charge in [0.25, 0.3) is 5.91 Å². The van der Waals surface area contributed by atoms with Crippen molar-refractivity contribution in [3.8, 4) is 11.8 Å². The molecule has 0 bridgehead atoms. The zero-order valence-electron chi connectivity index (χ0n) is 14.0. The Morgan fingerprint density at radius 1 is 1.12 bits per heavy atom. The van der Waals surface area contributed by atoms with Gasteiger partial charge in [0.2, 0.25) is 0 Å². The molecule has 0 aromatic heterocycles. The summed E-state index contributed by atoms with van der Waals surface area (Å²) in [6, 6.07) is 14.9. The molecule has 1 N–H and O–H groups in total. The number of amides is 1. The van der Waals surface area contributed by atoms with Gasteiger partial charge in [0.15, 0.2) is 6.10 Å². The Hall–Kier alpha value is -3.33. The standard InChI is InChI=1S/C19H18N2O4/c1-3-24-19(23)15-6-8-16(9-7-15)21-18(22)13(2)25-17-10-4-14(12-20)5-11-17/h4-11,13H,3H2,1-2H3,(H,21,22). The van der Waals surface area contributed by atoms with E-state index in [0.717, 1.165) is 0 Å². The molecule has 1 amide bonds. The third-order valence-electron chi connectivity index (χ3n) is 3.33. The van der Waals surface area contributed by atoms with Gasteiger partial charge in [-0.15, -0.1) is 0 Å². The Morgan fingerprint density at radius 2 is 1.76 bits per heavy atom. The topological polar surface area (TPSA) is 88.4 Å². The van der Waals surface area contributed by atoms with Gasteiger partial charge in [-0.25, -0.2) is 4.79 Å². The van der Waals surface area contributed by atoms with Crippen LogP contribution in [0.5, 0.6) is 5.75 Å². The highest BCUT2D eigenvalue weighted by Crippen LogP contribution is 2.15. The zero-order chi connectivity index (χ0) is 18.2. The molecule has 0 aliphatic rings. The molecule has 25 heavy (non-hydrogen) atoms. The number of rotatable bonds is 6. The fourth-order valence-corrected chi connectivity index (χ4v) is 2.01. The maximum absolute atomic E-state index is 12.2. The third kappa shape index (κ3) is 5.08. The quantitative estimate of drug-likeness (QED) is 0.818. The maximum atomic E-state index is 12.2. The molecule has 0 saturated heterocycles. The summed E-state index contributed by atoms with van der Waals surface area (Å²) in [5, 5.41) is 11.5. The van der Waals surface area contributed by atoms with E-state index in [4.69, 9.17) is 14.7 Å². The van der Waals surface area contributed by atoms with Crippen LogP contribution in [0.25, 0.3) is 0 Å². The summed E-state index contributed by atoms with van der Waals surface area (Å²) < 4.78 is 10.4. The first-order valence-electron chi connectivity index (χ1n) is 7.78. The molecule has 6 nitrogen and oxygen atoms in total. The zero-order valence-corrected chi connectivity index (χ0v) is 14.0. The molecule has 0 saturated carbocycles. The molecule has 6 heteroatoms. The van der Waals surface area contributed by atoms with Crippen molar-refractivity contribution in [2.45, 2.75) is 20.0 Å². The highest BCUT2D eigenvalue weighted by molar-refractivity contribution is 5.95. The summed E-state index contributed by atoms with van der Waals surface area (Å²) in [4.78, 5) is 23.8. The van der Waals surface area contributed by atoms with E-state index in [2.05, 4.69) is 5.32 Å². The molecule has 2 aromatic carbocycles. The number of benzene rings is 2. The number of nitrogens with zero attached hydrogens (tertiary/aromatic N) is 1. The molecule has 1 unspecified atom stereocenters. The molecule has 1 atom stereocenters. The number of esters is 1. The average molecular weight is 338 g/mol. The number of ether oxygens (including phenoxy) is 2. The van der Waals surface area contributed by atoms with Gasteiger partial charge in [0, 0.05) is 5.69 Å². The van der Waals surface area contributed by atoms with Gasteiger partial charge in [-0.05, 0) is 62.4 Å².